The number of aromatic amines is 1. The van der Waals surface area contributed by atoms with E-state index in [0.29, 0.717) is 17.0 Å². The Morgan fingerprint density at radius 2 is 2.08 bits per heavy atom. The summed E-state index contributed by atoms with van der Waals surface area (Å²) in [6, 6.07) is 14.8. The van der Waals surface area contributed by atoms with Crippen molar-refractivity contribution in [1.82, 2.24) is 15.2 Å². The average Bonchev–Trinajstić information content (AvgIpc) is 3.14. The molecule has 1 amide bonds. The zero-order valence-electron chi connectivity index (χ0n) is 13.0. The molecule has 0 aliphatic carbocycles. The molecule has 2 aromatic carbocycles. The molecule has 0 radical (unpaired) electrons. The smallest absolute Gasteiger partial charge is 0.255 e. The predicted molar refractivity (Wildman–Crippen MR) is 93.3 cm³/mol. The van der Waals surface area contributed by atoms with Crippen LogP contribution in [0.2, 0.25) is 0 Å². The molecule has 3 rings (SSSR count). The van der Waals surface area contributed by atoms with Crippen molar-refractivity contribution in [2.75, 3.05) is 12.4 Å². The zero-order chi connectivity index (χ0) is 16.8. The normalized spacial score (nSPS) is 10.4. The van der Waals surface area contributed by atoms with E-state index in [9.17, 15) is 4.79 Å². The Balaban J connectivity index is 1.60. The van der Waals surface area contributed by atoms with Crippen molar-refractivity contribution in [3.63, 3.8) is 0 Å². The number of carbonyl (C=O) groups excluding carboxylic acids is 1. The van der Waals surface area contributed by atoms with Crippen LogP contribution < -0.4 is 10.1 Å². The molecule has 24 heavy (non-hydrogen) atoms. The van der Waals surface area contributed by atoms with Gasteiger partial charge in [-0.05, 0) is 29.8 Å². The highest BCUT2D eigenvalue weighted by Crippen LogP contribution is 2.20. The van der Waals surface area contributed by atoms with E-state index in [1.165, 1.54) is 6.33 Å². The SMILES string of the molecule is COc1cccc(NC(=O)c2ccc(CSc3ncn[nH]3)cc2)c1. The number of carbonyl (C=O) groups is 1. The molecular weight excluding hydrogens is 324 g/mol. The molecule has 1 aromatic heterocycles. The molecule has 0 aliphatic heterocycles. The van der Waals surface area contributed by atoms with Crippen molar-refractivity contribution in [2.24, 2.45) is 0 Å². The number of rotatable bonds is 6. The number of aromatic nitrogens is 3. The Morgan fingerprint density at radius 1 is 1.25 bits per heavy atom. The molecular formula is C17H16N4O2S. The maximum atomic E-state index is 12.3. The largest absolute Gasteiger partial charge is 0.497 e. The van der Waals surface area contributed by atoms with Crippen molar-refractivity contribution in [3.05, 3.63) is 66.0 Å². The number of hydrogen-bond donors (Lipinski definition) is 2. The van der Waals surface area contributed by atoms with Gasteiger partial charge >= 0.3 is 0 Å². The monoisotopic (exact) mass is 340 g/mol. The summed E-state index contributed by atoms with van der Waals surface area (Å²) in [6.07, 6.45) is 1.48. The summed E-state index contributed by atoms with van der Waals surface area (Å²) >= 11 is 1.56. The van der Waals surface area contributed by atoms with Crippen LogP contribution in [0.25, 0.3) is 0 Å². The van der Waals surface area contributed by atoms with Crippen molar-refractivity contribution >= 4 is 23.4 Å². The lowest BCUT2D eigenvalue weighted by Crippen LogP contribution is -2.11. The number of benzene rings is 2. The summed E-state index contributed by atoms with van der Waals surface area (Å²) in [6.45, 7) is 0. The third-order valence-electron chi connectivity index (χ3n) is 3.31. The topological polar surface area (TPSA) is 79.9 Å². The molecule has 0 saturated carbocycles. The number of methoxy groups -OCH3 is 1. The van der Waals surface area contributed by atoms with E-state index in [1.54, 1.807) is 24.9 Å². The summed E-state index contributed by atoms with van der Waals surface area (Å²) in [7, 11) is 1.59. The van der Waals surface area contributed by atoms with Gasteiger partial charge in [0.15, 0.2) is 5.16 Å². The summed E-state index contributed by atoms with van der Waals surface area (Å²) in [5.41, 5.74) is 2.41. The molecule has 7 heteroatoms. The summed E-state index contributed by atoms with van der Waals surface area (Å²) in [5, 5.41) is 10.2. The van der Waals surface area contributed by atoms with Crippen LogP contribution >= 0.6 is 11.8 Å². The van der Waals surface area contributed by atoms with Crippen LogP contribution in [-0.4, -0.2) is 28.2 Å². The second kappa shape index (κ2) is 7.65. The summed E-state index contributed by atoms with van der Waals surface area (Å²) < 4.78 is 5.15. The lowest BCUT2D eigenvalue weighted by Gasteiger charge is -2.07. The van der Waals surface area contributed by atoms with E-state index < -0.39 is 0 Å². The maximum absolute atomic E-state index is 12.3. The minimum Gasteiger partial charge on any atom is -0.497 e. The van der Waals surface area contributed by atoms with Gasteiger partial charge in [-0.3, -0.25) is 9.89 Å². The highest BCUT2D eigenvalue weighted by atomic mass is 32.2. The fourth-order valence-corrected chi connectivity index (χ4v) is 2.81. The van der Waals surface area contributed by atoms with Crippen LogP contribution in [0.4, 0.5) is 5.69 Å². The van der Waals surface area contributed by atoms with Gasteiger partial charge in [0.25, 0.3) is 5.91 Å². The quantitative estimate of drug-likeness (QED) is 0.673. The lowest BCUT2D eigenvalue weighted by molar-refractivity contribution is 0.102. The molecule has 6 nitrogen and oxygen atoms in total. The highest BCUT2D eigenvalue weighted by Gasteiger charge is 2.07. The van der Waals surface area contributed by atoms with Gasteiger partial charge in [0.05, 0.1) is 7.11 Å². The molecule has 0 aliphatic rings. The van der Waals surface area contributed by atoms with Crippen LogP contribution in [0.15, 0.2) is 60.0 Å². The maximum Gasteiger partial charge on any atom is 0.255 e. The molecule has 0 unspecified atom stereocenters. The fraction of sp³-hybridized carbons (Fsp3) is 0.118. The van der Waals surface area contributed by atoms with Crippen molar-refractivity contribution in [3.8, 4) is 5.75 Å². The Kier molecular flexibility index (Phi) is 5.12. The first-order valence-electron chi connectivity index (χ1n) is 7.27. The predicted octanol–water partition coefficient (Wildman–Crippen LogP) is 3.36. The molecule has 1 heterocycles. The fourth-order valence-electron chi connectivity index (χ4n) is 2.07. The summed E-state index contributed by atoms with van der Waals surface area (Å²) in [4.78, 5) is 16.3. The van der Waals surface area contributed by atoms with Gasteiger partial charge in [0, 0.05) is 23.1 Å². The Morgan fingerprint density at radius 3 is 2.79 bits per heavy atom. The van der Waals surface area contributed by atoms with Crippen LogP contribution in [0.3, 0.4) is 0 Å². The Labute approximate surface area is 143 Å². The number of hydrogen-bond acceptors (Lipinski definition) is 5. The highest BCUT2D eigenvalue weighted by molar-refractivity contribution is 7.98. The number of thioether (sulfide) groups is 1. The van der Waals surface area contributed by atoms with E-state index in [1.807, 2.05) is 42.5 Å². The van der Waals surface area contributed by atoms with Crippen LogP contribution in [0.5, 0.6) is 5.75 Å². The number of H-pyrrole nitrogens is 1. The van der Waals surface area contributed by atoms with Gasteiger partial charge in [-0.15, -0.1) is 0 Å². The Bertz CT molecular complexity index is 804. The van der Waals surface area contributed by atoms with Gasteiger partial charge < -0.3 is 10.1 Å². The van der Waals surface area contributed by atoms with Crippen LogP contribution in [-0.2, 0) is 5.75 Å². The number of ether oxygens (including phenoxy) is 1. The van der Waals surface area contributed by atoms with Gasteiger partial charge in [0.1, 0.15) is 12.1 Å². The molecule has 0 spiro atoms. The molecule has 0 atom stereocenters. The molecule has 0 saturated heterocycles. The van der Waals surface area contributed by atoms with Crippen molar-refractivity contribution in [2.45, 2.75) is 10.9 Å². The van der Waals surface area contributed by atoms with Crippen LogP contribution in [0.1, 0.15) is 15.9 Å². The third-order valence-corrected chi connectivity index (χ3v) is 4.26. The standard InChI is InChI=1S/C17H16N4O2S/c1-23-15-4-2-3-14(9-15)20-16(22)13-7-5-12(6-8-13)10-24-17-18-11-19-21-17/h2-9,11H,10H2,1H3,(H,20,22)(H,18,19,21). The molecule has 122 valence electrons. The average molecular weight is 340 g/mol. The molecule has 3 aromatic rings. The number of amides is 1. The Hall–Kier alpha value is -2.80. The van der Waals surface area contributed by atoms with Crippen molar-refractivity contribution in [1.29, 1.82) is 0 Å². The third kappa shape index (κ3) is 4.14. The van der Waals surface area contributed by atoms with Gasteiger partial charge in [-0.2, -0.15) is 5.10 Å². The summed E-state index contributed by atoms with van der Waals surface area (Å²) in [5.74, 6) is 1.30. The number of anilines is 1. The van der Waals surface area contributed by atoms with E-state index in [-0.39, 0.29) is 5.91 Å². The first-order chi connectivity index (χ1) is 11.7. The minimum atomic E-state index is -0.155. The first-order valence-corrected chi connectivity index (χ1v) is 8.25. The van der Waals surface area contributed by atoms with Crippen LogP contribution in [0, 0.1) is 0 Å². The first kappa shape index (κ1) is 16.1. The molecule has 2 N–H and O–H groups in total. The number of nitrogens with one attached hydrogen (secondary N) is 2. The van der Waals surface area contributed by atoms with E-state index in [2.05, 4.69) is 20.5 Å². The van der Waals surface area contributed by atoms with E-state index in [0.717, 1.165) is 16.5 Å². The van der Waals surface area contributed by atoms with Crippen molar-refractivity contribution < 1.29 is 9.53 Å². The van der Waals surface area contributed by atoms with E-state index in [4.69, 9.17) is 4.74 Å². The van der Waals surface area contributed by atoms with Gasteiger partial charge in [-0.25, -0.2) is 4.98 Å². The number of nitrogens with zero attached hydrogens (tertiary/aromatic N) is 2. The molecule has 0 fully saturated rings. The van der Waals surface area contributed by atoms with Gasteiger partial charge in [-0.1, -0.05) is 30.0 Å². The second-order valence-electron chi connectivity index (χ2n) is 4.96. The second-order valence-corrected chi connectivity index (χ2v) is 5.93. The minimum absolute atomic E-state index is 0.155. The molecule has 0 bridgehead atoms. The van der Waals surface area contributed by atoms with Gasteiger partial charge in [0.2, 0.25) is 0 Å². The zero-order valence-corrected chi connectivity index (χ0v) is 13.8. The lowest BCUT2D eigenvalue weighted by atomic mass is 10.1. The van der Waals surface area contributed by atoms with E-state index >= 15 is 0 Å².